The van der Waals surface area contributed by atoms with Crippen LogP contribution in [0.25, 0.3) is 5.65 Å². The van der Waals surface area contributed by atoms with Gasteiger partial charge in [0.1, 0.15) is 5.65 Å². The Balaban J connectivity index is 1.13. The average molecular weight is 418 g/mol. The molecule has 162 valence electrons. The summed E-state index contributed by atoms with van der Waals surface area (Å²) < 4.78 is 2.07. The van der Waals surface area contributed by atoms with Crippen LogP contribution in [0.4, 0.5) is 0 Å². The van der Waals surface area contributed by atoms with Crippen LogP contribution >= 0.6 is 0 Å². The molecule has 6 nitrogen and oxygen atoms in total. The van der Waals surface area contributed by atoms with Gasteiger partial charge in [-0.15, -0.1) is 0 Å². The van der Waals surface area contributed by atoms with E-state index in [4.69, 9.17) is 4.98 Å². The smallest absolute Gasteiger partial charge is 0.237 e. The standard InChI is InChI=1S/C25H31N5O/c1-20-5-7-21(8-6-20)16-30(23-9-10-23)25(31)19-28-14-12-27(13-15-28)17-22-18-29-11-3-2-4-24(29)26-22/h2-8,11,18,23H,9-10,12-17,19H2,1H3. The summed E-state index contributed by atoms with van der Waals surface area (Å²) in [5.41, 5.74) is 4.59. The summed E-state index contributed by atoms with van der Waals surface area (Å²) in [4.78, 5) is 24.7. The predicted octanol–water partition coefficient (Wildman–Crippen LogP) is 2.95. The zero-order valence-electron chi connectivity index (χ0n) is 18.3. The Bertz CT molecular complexity index is 999. The SMILES string of the molecule is Cc1ccc(CN(C(=O)CN2CCN(Cc3cn4ccccc4n3)CC2)C2CC2)cc1. The van der Waals surface area contributed by atoms with Gasteiger partial charge in [-0.1, -0.05) is 35.9 Å². The molecule has 1 aliphatic carbocycles. The number of aromatic nitrogens is 2. The highest BCUT2D eigenvalue weighted by Gasteiger charge is 2.33. The van der Waals surface area contributed by atoms with Crippen LogP contribution in [0.15, 0.2) is 54.9 Å². The number of pyridine rings is 1. The van der Waals surface area contributed by atoms with Gasteiger partial charge in [0.15, 0.2) is 0 Å². The Labute approximate surface area is 184 Å². The number of fused-ring (bicyclic) bond motifs is 1. The number of nitrogens with zero attached hydrogens (tertiary/aromatic N) is 5. The summed E-state index contributed by atoms with van der Waals surface area (Å²) in [5.74, 6) is 0.275. The van der Waals surface area contributed by atoms with Crippen molar-refractivity contribution >= 4 is 11.6 Å². The van der Waals surface area contributed by atoms with Gasteiger partial charge in [-0.05, 0) is 37.5 Å². The molecule has 0 bridgehead atoms. The van der Waals surface area contributed by atoms with E-state index < -0.39 is 0 Å². The minimum absolute atomic E-state index is 0.275. The van der Waals surface area contributed by atoms with Crippen LogP contribution in [0.1, 0.15) is 29.7 Å². The van der Waals surface area contributed by atoms with Crippen molar-refractivity contribution in [3.8, 4) is 0 Å². The van der Waals surface area contributed by atoms with Crippen molar-refractivity contribution in [1.82, 2.24) is 24.1 Å². The van der Waals surface area contributed by atoms with Crippen LogP contribution in [-0.4, -0.2) is 68.8 Å². The van der Waals surface area contributed by atoms with Gasteiger partial charge in [-0.25, -0.2) is 4.98 Å². The molecule has 1 aromatic carbocycles. The number of hydrogen-bond donors (Lipinski definition) is 0. The molecule has 0 spiro atoms. The van der Waals surface area contributed by atoms with Crippen LogP contribution in [0.3, 0.4) is 0 Å². The number of hydrogen-bond acceptors (Lipinski definition) is 4. The molecular formula is C25H31N5O. The van der Waals surface area contributed by atoms with Gasteiger partial charge in [-0.3, -0.25) is 14.6 Å². The number of carbonyl (C=O) groups excluding carboxylic acids is 1. The van der Waals surface area contributed by atoms with E-state index >= 15 is 0 Å². The number of imidazole rings is 1. The predicted molar refractivity (Wildman–Crippen MR) is 122 cm³/mol. The Morgan fingerprint density at radius 2 is 1.77 bits per heavy atom. The minimum Gasteiger partial charge on any atom is -0.334 e. The normalized spacial score (nSPS) is 17.8. The molecule has 1 aliphatic heterocycles. The van der Waals surface area contributed by atoms with Crippen LogP contribution in [0.5, 0.6) is 0 Å². The third kappa shape index (κ3) is 4.97. The third-order valence-corrected chi connectivity index (χ3v) is 6.40. The summed E-state index contributed by atoms with van der Waals surface area (Å²) >= 11 is 0. The molecule has 0 atom stereocenters. The lowest BCUT2D eigenvalue weighted by molar-refractivity contribution is -0.134. The molecule has 2 aromatic heterocycles. The Morgan fingerprint density at radius 3 is 2.48 bits per heavy atom. The number of amides is 1. The lowest BCUT2D eigenvalue weighted by Gasteiger charge is -2.35. The van der Waals surface area contributed by atoms with Crippen molar-refractivity contribution in [1.29, 1.82) is 0 Å². The fourth-order valence-corrected chi connectivity index (χ4v) is 4.38. The minimum atomic E-state index is 0.275. The molecule has 1 saturated carbocycles. The van der Waals surface area contributed by atoms with E-state index in [0.29, 0.717) is 12.6 Å². The second kappa shape index (κ2) is 8.81. The van der Waals surface area contributed by atoms with Gasteiger partial charge in [0, 0.05) is 57.7 Å². The highest BCUT2D eigenvalue weighted by Crippen LogP contribution is 2.28. The molecule has 0 radical (unpaired) electrons. The van der Waals surface area contributed by atoms with E-state index in [1.807, 2.05) is 24.4 Å². The summed E-state index contributed by atoms with van der Waals surface area (Å²) in [7, 11) is 0. The quantitative estimate of drug-likeness (QED) is 0.593. The van der Waals surface area contributed by atoms with E-state index in [1.165, 1.54) is 11.1 Å². The number of piperazine rings is 1. The summed E-state index contributed by atoms with van der Waals surface area (Å²) in [5, 5.41) is 0. The van der Waals surface area contributed by atoms with Crippen LogP contribution < -0.4 is 0 Å². The Hall–Kier alpha value is -2.70. The molecule has 2 fully saturated rings. The fourth-order valence-electron chi connectivity index (χ4n) is 4.38. The largest absolute Gasteiger partial charge is 0.334 e. The number of aryl methyl sites for hydroxylation is 1. The maximum atomic E-state index is 13.1. The summed E-state index contributed by atoms with van der Waals surface area (Å²) in [6.07, 6.45) is 6.44. The molecule has 2 aliphatic rings. The van der Waals surface area contributed by atoms with E-state index in [0.717, 1.165) is 63.5 Å². The van der Waals surface area contributed by atoms with E-state index in [2.05, 4.69) is 56.5 Å². The summed E-state index contributed by atoms with van der Waals surface area (Å²) in [6.45, 7) is 8.05. The highest BCUT2D eigenvalue weighted by atomic mass is 16.2. The third-order valence-electron chi connectivity index (χ3n) is 6.40. The van der Waals surface area contributed by atoms with Gasteiger partial charge in [0.2, 0.25) is 5.91 Å². The first kappa shape index (κ1) is 20.2. The van der Waals surface area contributed by atoms with Crippen LogP contribution in [0.2, 0.25) is 0 Å². The van der Waals surface area contributed by atoms with E-state index in [-0.39, 0.29) is 5.91 Å². The second-order valence-corrected chi connectivity index (χ2v) is 8.99. The van der Waals surface area contributed by atoms with Gasteiger partial charge in [0.05, 0.1) is 12.2 Å². The van der Waals surface area contributed by atoms with Crippen molar-refractivity contribution in [2.45, 2.75) is 38.9 Å². The molecule has 3 aromatic rings. The van der Waals surface area contributed by atoms with Gasteiger partial charge in [-0.2, -0.15) is 0 Å². The number of carbonyl (C=O) groups is 1. The molecule has 1 saturated heterocycles. The maximum absolute atomic E-state index is 13.1. The molecule has 3 heterocycles. The molecule has 31 heavy (non-hydrogen) atoms. The first-order chi connectivity index (χ1) is 15.1. The van der Waals surface area contributed by atoms with Gasteiger partial charge < -0.3 is 9.30 Å². The molecular weight excluding hydrogens is 386 g/mol. The highest BCUT2D eigenvalue weighted by molar-refractivity contribution is 5.79. The molecule has 0 unspecified atom stereocenters. The van der Waals surface area contributed by atoms with Crippen molar-refractivity contribution in [2.24, 2.45) is 0 Å². The fraction of sp³-hybridized carbons (Fsp3) is 0.440. The Morgan fingerprint density at radius 1 is 1.03 bits per heavy atom. The maximum Gasteiger partial charge on any atom is 0.237 e. The van der Waals surface area contributed by atoms with E-state index in [9.17, 15) is 4.79 Å². The van der Waals surface area contributed by atoms with Gasteiger partial charge in [0.25, 0.3) is 0 Å². The lowest BCUT2D eigenvalue weighted by Crippen LogP contribution is -2.50. The first-order valence-corrected chi connectivity index (χ1v) is 11.4. The zero-order chi connectivity index (χ0) is 21.2. The zero-order valence-corrected chi connectivity index (χ0v) is 18.3. The second-order valence-electron chi connectivity index (χ2n) is 8.99. The molecule has 6 heteroatoms. The molecule has 5 rings (SSSR count). The molecule has 0 N–H and O–H groups in total. The van der Waals surface area contributed by atoms with E-state index in [1.54, 1.807) is 0 Å². The Kier molecular flexibility index (Phi) is 5.74. The number of benzene rings is 1. The van der Waals surface area contributed by atoms with Crippen LogP contribution in [0, 0.1) is 6.92 Å². The van der Waals surface area contributed by atoms with Crippen LogP contribution in [-0.2, 0) is 17.9 Å². The topological polar surface area (TPSA) is 44.1 Å². The van der Waals surface area contributed by atoms with Crippen molar-refractivity contribution < 1.29 is 4.79 Å². The van der Waals surface area contributed by atoms with Crippen molar-refractivity contribution in [2.75, 3.05) is 32.7 Å². The summed E-state index contributed by atoms with van der Waals surface area (Å²) in [6, 6.07) is 15.1. The van der Waals surface area contributed by atoms with Crippen molar-refractivity contribution in [3.63, 3.8) is 0 Å². The lowest BCUT2D eigenvalue weighted by atomic mass is 10.1. The first-order valence-electron chi connectivity index (χ1n) is 11.4. The molecule has 1 amide bonds. The van der Waals surface area contributed by atoms with Gasteiger partial charge >= 0.3 is 0 Å². The number of rotatable bonds is 7. The average Bonchev–Trinajstić information content (AvgIpc) is 3.53. The monoisotopic (exact) mass is 417 g/mol. The van der Waals surface area contributed by atoms with Crippen molar-refractivity contribution in [3.05, 3.63) is 71.7 Å².